The minimum Gasteiger partial charge on any atom is -0.496 e. The van der Waals surface area contributed by atoms with Gasteiger partial charge in [-0.1, -0.05) is 12.1 Å². The first-order valence-corrected chi connectivity index (χ1v) is 11.6. The summed E-state index contributed by atoms with van der Waals surface area (Å²) in [6, 6.07) is 11.3. The molecule has 7 nitrogen and oxygen atoms in total. The van der Waals surface area contributed by atoms with Crippen molar-refractivity contribution in [2.45, 2.75) is 17.9 Å². The van der Waals surface area contributed by atoms with Gasteiger partial charge >= 0.3 is 0 Å². The van der Waals surface area contributed by atoms with E-state index in [0.717, 1.165) is 21.9 Å². The molecule has 1 atom stereocenters. The quantitative estimate of drug-likeness (QED) is 0.424. The lowest BCUT2D eigenvalue weighted by molar-refractivity contribution is 0.265. The molecular weight excluding hydrogens is 424 g/mol. The SMILES string of the molecule is COc1ccc2[nH]c(=O)c3sccc3c2c1-c1ccc(S(=O)(=O)NC(C)CO)cc1. The second-order valence-corrected chi connectivity index (χ2v) is 9.54. The summed E-state index contributed by atoms with van der Waals surface area (Å²) in [5, 5.41) is 12.6. The molecule has 2 aromatic carbocycles. The maximum Gasteiger partial charge on any atom is 0.266 e. The maximum atomic E-state index is 12.5. The smallest absolute Gasteiger partial charge is 0.266 e. The Balaban J connectivity index is 1.91. The first-order valence-electron chi connectivity index (χ1n) is 9.19. The molecule has 0 saturated carbocycles. The first-order chi connectivity index (χ1) is 14.4. The summed E-state index contributed by atoms with van der Waals surface area (Å²) in [7, 11) is -2.18. The van der Waals surface area contributed by atoms with Gasteiger partial charge in [0.25, 0.3) is 5.56 Å². The number of rotatable bonds is 6. The van der Waals surface area contributed by atoms with Gasteiger partial charge in [0, 0.05) is 27.9 Å². The number of hydrogen-bond acceptors (Lipinski definition) is 6. The van der Waals surface area contributed by atoms with Crippen molar-refractivity contribution in [3.05, 3.63) is 58.2 Å². The van der Waals surface area contributed by atoms with Gasteiger partial charge < -0.3 is 14.8 Å². The van der Waals surface area contributed by atoms with E-state index in [2.05, 4.69) is 9.71 Å². The van der Waals surface area contributed by atoms with E-state index >= 15 is 0 Å². The predicted molar refractivity (Wildman–Crippen MR) is 119 cm³/mol. The van der Waals surface area contributed by atoms with E-state index < -0.39 is 16.1 Å². The highest BCUT2D eigenvalue weighted by molar-refractivity contribution is 7.89. The molecule has 0 aliphatic heterocycles. The van der Waals surface area contributed by atoms with Crippen LogP contribution in [0.4, 0.5) is 0 Å². The molecule has 9 heteroatoms. The van der Waals surface area contributed by atoms with Gasteiger partial charge in [-0.05, 0) is 48.2 Å². The first kappa shape index (κ1) is 20.5. The van der Waals surface area contributed by atoms with Crippen molar-refractivity contribution in [3.63, 3.8) is 0 Å². The molecule has 0 amide bonds. The van der Waals surface area contributed by atoms with Gasteiger partial charge in [-0.15, -0.1) is 11.3 Å². The van der Waals surface area contributed by atoms with E-state index in [1.165, 1.54) is 23.5 Å². The summed E-state index contributed by atoms with van der Waals surface area (Å²) < 4.78 is 33.6. The Morgan fingerprint density at radius 3 is 2.57 bits per heavy atom. The molecule has 4 rings (SSSR count). The van der Waals surface area contributed by atoms with Crippen molar-refractivity contribution in [1.29, 1.82) is 0 Å². The van der Waals surface area contributed by atoms with Gasteiger partial charge in [0.2, 0.25) is 10.0 Å². The molecule has 3 N–H and O–H groups in total. The molecule has 0 saturated heterocycles. The summed E-state index contributed by atoms with van der Waals surface area (Å²) in [6.45, 7) is 1.29. The Labute approximate surface area is 177 Å². The minimum atomic E-state index is -3.75. The largest absolute Gasteiger partial charge is 0.496 e. The van der Waals surface area contributed by atoms with Crippen molar-refractivity contribution in [3.8, 4) is 16.9 Å². The third kappa shape index (κ3) is 3.50. The highest BCUT2D eigenvalue weighted by Gasteiger charge is 2.19. The van der Waals surface area contributed by atoms with E-state index in [-0.39, 0.29) is 17.1 Å². The molecule has 156 valence electrons. The standard InChI is InChI=1S/C21H20N2O5S2/c1-12(11-24)23-30(26,27)14-5-3-13(4-6-14)18-17(28-2)8-7-16-19(18)15-9-10-29-20(15)21(25)22-16/h3-10,12,23-24H,11H2,1-2H3,(H,22,25). The zero-order valence-corrected chi connectivity index (χ0v) is 17.9. The van der Waals surface area contributed by atoms with Crippen LogP contribution in [0.15, 0.2) is 57.5 Å². The Morgan fingerprint density at radius 1 is 1.17 bits per heavy atom. The van der Waals surface area contributed by atoms with Gasteiger partial charge in [-0.25, -0.2) is 13.1 Å². The fraction of sp³-hybridized carbons (Fsp3) is 0.190. The van der Waals surface area contributed by atoms with Gasteiger partial charge in [-0.2, -0.15) is 0 Å². The Hall–Kier alpha value is -2.72. The molecule has 2 aromatic heterocycles. The molecule has 0 aliphatic rings. The average Bonchev–Trinajstić information content (AvgIpc) is 3.23. The van der Waals surface area contributed by atoms with E-state index in [9.17, 15) is 13.2 Å². The Bertz CT molecular complexity index is 1390. The van der Waals surface area contributed by atoms with Gasteiger partial charge in [-0.3, -0.25) is 4.79 Å². The van der Waals surface area contributed by atoms with Crippen LogP contribution in [0.2, 0.25) is 0 Å². The van der Waals surface area contributed by atoms with Crippen LogP contribution < -0.4 is 15.0 Å². The van der Waals surface area contributed by atoms with Crippen LogP contribution in [-0.4, -0.2) is 38.3 Å². The summed E-state index contributed by atoms with van der Waals surface area (Å²) in [6.07, 6.45) is 0. The second-order valence-electron chi connectivity index (χ2n) is 6.91. The molecule has 1 unspecified atom stereocenters. The number of fused-ring (bicyclic) bond motifs is 3. The van der Waals surface area contributed by atoms with Crippen molar-refractivity contribution < 1.29 is 18.3 Å². The highest BCUT2D eigenvalue weighted by atomic mass is 32.2. The second kappa shape index (κ2) is 7.84. The fourth-order valence-electron chi connectivity index (χ4n) is 3.46. The van der Waals surface area contributed by atoms with Crippen molar-refractivity contribution in [2.75, 3.05) is 13.7 Å². The van der Waals surface area contributed by atoms with Crippen LogP contribution in [-0.2, 0) is 10.0 Å². The number of ether oxygens (including phenoxy) is 1. The zero-order chi connectivity index (χ0) is 21.5. The molecule has 30 heavy (non-hydrogen) atoms. The highest BCUT2D eigenvalue weighted by Crippen LogP contribution is 2.40. The third-order valence-corrected chi connectivity index (χ3v) is 7.38. The third-order valence-electron chi connectivity index (χ3n) is 4.86. The lowest BCUT2D eigenvalue weighted by Gasteiger charge is -2.15. The van der Waals surface area contributed by atoms with Crippen molar-refractivity contribution in [1.82, 2.24) is 9.71 Å². The average molecular weight is 445 g/mol. The summed E-state index contributed by atoms with van der Waals surface area (Å²) in [4.78, 5) is 15.4. The van der Waals surface area contributed by atoms with Gasteiger partial charge in [0.05, 0.1) is 18.6 Å². The number of H-pyrrole nitrogens is 1. The van der Waals surface area contributed by atoms with Crippen LogP contribution >= 0.6 is 11.3 Å². The predicted octanol–water partition coefficient (Wildman–Crippen LogP) is 3.08. The van der Waals surface area contributed by atoms with Crippen molar-refractivity contribution >= 4 is 42.3 Å². The van der Waals surface area contributed by atoms with Crippen LogP contribution in [0.3, 0.4) is 0 Å². The number of aromatic amines is 1. The van der Waals surface area contributed by atoms with E-state index in [4.69, 9.17) is 9.84 Å². The maximum absolute atomic E-state index is 12.5. The molecular formula is C21H20N2O5S2. The van der Waals surface area contributed by atoms with E-state index in [1.807, 2.05) is 11.4 Å². The van der Waals surface area contributed by atoms with Gasteiger partial charge in [0.15, 0.2) is 0 Å². The normalized spacial score (nSPS) is 13.0. The molecule has 0 fully saturated rings. The van der Waals surface area contributed by atoms with Crippen LogP contribution in [0, 0.1) is 0 Å². The lowest BCUT2D eigenvalue weighted by Crippen LogP contribution is -2.34. The number of hydrogen-bond donors (Lipinski definition) is 3. The van der Waals surface area contributed by atoms with Crippen LogP contribution in [0.5, 0.6) is 5.75 Å². The summed E-state index contributed by atoms with van der Waals surface area (Å²) in [5.74, 6) is 0.615. The van der Waals surface area contributed by atoms with Crippen LogP contribution in [0.25, 0.3) is 32.1 Å². The van der Waals surface area contributed by atoms with Crippen molar-refractivity contribution in [2.24, 2.45) is 0 Å². The monoisotopic (exact) mass is 444 g/mol. The molecule has 0 radical (unpaired) electrons. The number of benzene rings is 2. The summed E-state index contributed by atoms with van der Waals surface area (Å²) in [5.41, 5.74) is 2.06. The number of pyridine rings is 1. The number of methoxy groups -OCH3 is 1. The number of aliphatic hydroxyl groups excluding tert-OH is 1. The van der Waals surface area contributed by atoms with Crippen LogP contribution in [0.1, 0.15) is 6.92 Å². The minimum absolute atomic E-state index is 0.0971. The van der Waals surface area contributed by atoms with Gasteiger partial charge in [0.1, 0.15) is 10.4 Å². The molecule has 0 aliphatic carbocycles. The number of aliphatic hydroxyl groups is 1. The lowest BCUT2D eigenvalue weighted by atomic mass is 9.97. The van der Waals surface area contributed by atoms with E-state index in [1.54, 1.807) is 38.3 Å². The number of nitrogens with one attached hydrogen (secondary N) is 2. The number of sulfonamides is 1. The fourth-order valence-corrected chi connectivity index (χ4v) is 5.49. The number of aromatic nitrogens is 1. The van der Waals surface area contributed by atoms with E-state index in [0.29, 0.717) is 16.0 Å². The Morgan fingerprint density at radius 2 is 1.90 bits per heavy atom. The Kier molecular flexibility index (Phi) is 5.37. The summed E-state index contributed by atoms with van der Waals surface area (Å²) >= 11 is 1.37. The molecule has 0 spiro atoms. The molecule has 2 heterocycles. The zero-order valence-electron chi connectivity index (χ0n) is 16.3. The molecule has 4 aromatic rings. The topological polar surface area (TPSA) is 108 Å². The number of thiophene rings is 1. The molecule has 0 bridgehead atoms.